The van der Waals surface area contributed by atoms with Gasteiger partial charge in [-0.2, -0.15) is 15.5 Å². The van der Waals surface area contributed by atoms with Crippen molar-refractivity contribution < 1.29 is 0 Å². The summed E-state index contributed by atoms with van der Waals surface area (Å²) in [5.41, 5.74) is 3.59. The molecule has 0 amide bonds. The average Bonchev–Trinajstić information content (AvgIpc) is 2.58. The number of rotatable bonds is 7. The number of nitriles is 1. The Hall–Kier alpha value is -2.47. The van der Waals surface area contributed by atoms with Crippen LogP contribution in [0.15, 0.2) is 58.8 Å². The molecule has 0 radical (unpaired) electrons. The maximum absolute atomic E-state index is 8.75. The van der Waals surface area contributed by atoms with Crippen LogP contribution in [0.5, 0.6) is 0 Å². The molecular weight excluding hydrogens is 270 g/mol. The Morgan fingerprint density at radius 1 is 0.818 bits per heavy atom. The summed E-state index contributed by atoms with van der Waals surface area (Å²) in [6.07, 6.45) is 6.27. The van der Waals surface area contributed by atoms with Gasteiger partial charge in [0.2, 0.25) is 0 Å². The van der Waals surface area contributed by atoms with Gasteiger partial charge in [0.05, 0.1) is 23.0 Å². The molecule has 0 spiro atoms. The summed E-state index contributed by atoms with van der Waals surface area (Å²) in [5.74, 6) is 0. The van der Waals surface area contributed by atoms with E-state index in [1.165, 1.54) is 31.2 Å². The second kappa shape index (κ2) is 8.74. The average molecular weight is 291 g/mol. The molecule has 0 N–H and O–H groups in total. The Kier molecular flexibility index (Phi) is 6.32. The number of hydrogen-bond acceptors (Lipinski definition) is 3. The third kappa shape index (κ3) is 5.14. The molecule has 2 rings (SSSR count). The van der Waals surface area contributed by atoms with E-state index in [1.807, 2.05) is 12.1 Å². The third-order valence-corrected chi connectivity index (χ3v) is 3.53. The minimum atomic E-state index is 0.631. The fraction of sp³-hybridized carbons (Fsp3) is 0.316. The fourth-order valence-corrected chi connectivity index (χ4v) is 2.20. The first-order valence-corrected chi connectivity index (χ1v) is 7.82. The minimum Gasteiger partial charge on any atom is -0.192 e. The number of aryl methyl sites for hydroxylation is 1. The Morgan fingerprint density at radius 2 is 1.41 bits per heavy atom. The molecule has 0 bridgehead atoms. The van der Waals surface area contributed by atoms with Crippen molar-refractivity contribution in [1.29, 1.82) is 5.26 Å². The van der Waals surface area contributed by atoms with Gasteiger partial charge in [-0.15, -0.1) is 0 Å². The molecule has 0 aromatic heterocycles. The molecule has 0 heterocycles. The summed E-state index contributed by atoms with van der Waals surface area (Å²) < 4.78 is 0. The number of nitrogens with zero attached hydrogens (tertiary/aromatic N) is 3. The summed E-state index contributed by atoms with van der Waals surface area (Å²) >= 11 is 0. The molecule has 2 aromatic carbocycles. The Labute approximate surface area is 132 Å². The summed E-state index contributed by atoms with van der Waals surface area (Å²) in [6, 6.07) is 17.4. The zero-order valence-electron chi connectivity index (χ0n) is 13.0. The van der Waals surface area contributed by atoms with Gasteiger partial charge < -0.3 is 0 Å². The molecule has 22 heavy (non-hydrogen) atoms. The highest BCUT2D eigenvalue weighted by atomic mass is 15.1. The Balaban J connectivity index is 1.90. The molecule has 0 unspecified atom stereocenters. The monoisotopic (exact) mass is 291 g/mol. The first kappa shape index (κ1) is 15.9. The van der Waals surface area contributed by atoms with E-state index in [1.54, 1.807) is 24.3 Å². The van der Waals surface area contributed by atoms with Crippen molar-refractivity contribution in [2.24, 2.45) is 10.2 Å². The van der Waals surface area contributed by atoms with Crippen molar-refractivity contribution in [2.75, 3.05) is 0 Å². The molecule has 0 saturated heterocycles. The van der Waals surface area contributed by atoms with Gasteiger partial charge in [0.25, 0.3) is 0 Å². The van der Waals surface area contributed by atoms with Crippen LogP contribution in [0.4, 0.5) is 11.4 Å². The first-order valence-electron chi connectivity index (χ1n) is 7.82. The molecule has 0 saturated carbocycles. The largest absolute Gasteiger partial charge is 0.192 e. The number of benzene rings is 2. The van der Waals surface area contributed by atoms with Crippen molar-refractivity contribution >= 4 is 11.4 Å². The normalized spacial score (nSPS) is 10.7. The molecular formula is C19H21N3. The molecule has 0 atom stereocenters. The van der Waals surface area contributed by atoms with E-state index in [9.17, 15) is 0 Å². The summed E-state index contributed by atoms with van der Waals surface area (Å²) in [7, 11) is 0. The van der Waals surface area contributed by atoms with Crippen LogP contribution in [-0.4, -0.2) is 0 Å². The predicted octanol–water partition coefficient (Wildman–Crippen LogP) is 6.10. The molecule has 2 aromatic rings. The lowest BCUT2D eigenvalue weighted by molar-refractivity contribution is 0.667. The number of hydrogen-bond donors (Lipinski definition) is 0. The van der Waals surface area contributed by atoms with Crippen molar-refractivity contribution in [3.8, 4) is 6.07 Å². The highest BCUT2D eigenvalue weighted by Crippen LogP contribution is 2.19. The first-order chi connectivity index (χ1) is 10.8. The maximum Gasteiger partial charge on any atom is 0.0991 e. The predicted molar refractivity (Wildman–Crippen MR) is 89.6 cm³/mol. The van der Waals surface area contributed by atoms with Crippen LogP contribution in [-0.2, 0) is 6.42 Å². The lowest BCUT2D eigenvalue weighted by Gasteiger charge is -2.01. The van der Waals surface area contributed by atoms with Gasteiger partial charge >= 0.3 is 0 Å². The highest BCUT2D eigenvalue weighted by molar-refractivity contribution is 5.44. The molecule has 3 heteroatoms. The van der Waals surface area contributed by atoms with Gasteiger partial charge in [0, 0.05) is 0 Å². The number of azo groups is 1. The highest BCUT2D eigenvalue weighted by Gasteiger charge is 1.96. The van der Waals surface area contributed by atoms with Gasteiger partial charge in [-0.1, -0.05) is 38.3 Å². The zero-order valence-corrected chi connectivity index (χ0v) is 13.0. The Morgan fingerprint density at radius 3 is 1.95 bits per heavy atom. The van der Waals surface area contributed by atoms with E-state index in [-0.39, 0.29) is 0 Å². The van der Waals surface area contributed by atoms with E-state index in [4.69, 9.17) is 5.26 Å². The topological polar surface area (TPSA) is 48.5 Å². The molecule has 0 aliphatic heterocycles. The lowest BCUT2D eigenvalue weighted by Crippen LogP contribution is -1.84. The zero-order chi connectivity index (χ0) is 15.6. The molecule has 112 valence electrons. The van der Waals surface area contributed by atoms with Crippen molar-refractivity contribution in [3.63, 3.8) is 0 Å². The van der Waals surface area contributed by atoms with Crippen LogP contribution < -0.4 is 0 Å². The second-order valence-electron chi connectivity index (χ2n) is 5.34. The Bertz CT molecular complexity index is 634. The van der Waals surface area contributed by atoms with Gasteiger partial charge in [0.1, 0.15) is 0 Å². The lowest BCUT2D eigenvalue weighted by atomic mass is 10.1. The van der Waals surface area contributed by atoms with E-state index >= 15 is 0 Å². The molecule has 0 fully saturated rings. The second-order valence-corrected chi connectivity index (χ2v) is 5.34. The van der Waals surface area contributed by atoms with Crippen molar-refractivity contribution in [2.45, 2.75) is 39.0 Å². The summed E-state index contributed by atoms with van der Waals surface area (Å²) in [6.45, 7) is 2.23. The van der Waals surface area contributed by atoms with Crippen LogP contribution in [0.3, 0.4) is 0 Å². The van der Waals surface area contributed by atoms with Gasteiger partial charge in [0.15, 0.2) is 0 Å². The fourth-order valence-electron chi connectivity index (χ4n) is 2.20. The van der Waals surface area contributed by atoms with Gasteiger partial charge in [-0.25, -0.2) is 0 Å². The van der Waals surface area contributed by atoms with E-state index in [0.717, 1.165) is 17.8 Å². The third-order valence-electron chi connectivity index (χ3n) is 3.53. The minimum absolute atomic E-state index is 0.631. The van der Waals surface area contributed by atoms with Crippen LogP contribution in [0.1, 0.15) is 43.7 Å². The van der Waals surface area contributed by atoms with E-state index in [0.29, 0.717) is 5.56 Å². The van der Waals surface area contributed by atoms with Crippen LogP contribution in [0.2, 0.25) is 0 Å². The molecule has 0 aliphatic rings. The van der Waals surface area contributed by atoms with Crippen molar-refractivity contribution in [3.05, 3.63) is 59.7 Å². The molecule has 0 aliphatic carbocycles. The molecule has 3 nitrogen and oxygen atoms in total. The quantitative estimate of drug-likeness (QED) is 0.449. The van der Waals surface area contributed by atoms with Gasteiger partial charge in [-0.3, -0.25) is 0 Å². The van der Waals surface area contributed by atoms with Crippen LogP contribution in [0.25, 0.3) is 0 Å². The van der Waals surface area contributed by atoms with E-state index < -0.39 is 0 Å². The SMILES string of the molecule is CCCCCCc1ccc(N=Nc2ccc(C#N)cc2)cc1. The smallest absolute Gasteiger partial charge is 0.0991 e. The van der Waals surface area contributed by atoms with Crippen LogP contribution >= 0.6 is 0 Å². The van der Waals surface area contributed by atoms with Gasteiger partial charge in [-0.05, 0) is 54.8 Å². The maximum atomic E-state index is 8.75. The summed E-state index contributed by atoms with van der Waals surface area (Å²) in [4.78, 5) is 0. The van der Waals surface area contributed by atoms with Crippen LogP contribution in [0, 0.1) is 11.3 Å². The standard InChI is InChI=1S/C19H21N3/c1-2-3-4-5-6-16-7-11-18(12-8-16)21-22-19-13-9-17(15-20)10-14-19/h7-14H,2-6H2,1H3. The summed E-state index contributed by atoms with van der Waals surface area (Å²) in [5, 5.41) is 17.2. The number of unbranched alkanes of at least 4 members (excludes halogenated alkanes) is 3. The van der Waals surface area contributed by atoms with E-state index in [2.05, 4.69) is 35.4 Å². The van der Waals surface area contributed by atoms with Crippen molar-refractivity contribution in [1.82, 2.24) is 0 Å².